The molecule has 0 unspecified atom stereocenters. The molecule has 1 aromatic carbocycles. The number of nitrogens with zero attached hydrogens (tertiary/aromatic N) is 3. The van der Waals surface area contributed by atoms with Crippen molar-refractivity contribution in [1.29, 1.82) is 0 Å². The molecule has 1 aliphatic carbocycles. The summed E-state index contributed by atoms with van der Waals surface area (Å²) in [6.07, 6.45) is 1.68. The Labute approximate surface area is 156 Å². The molecule has 26 heavy (non-hydrogen) atoms. The van der Waals surface area contributed by atoms with Gasteiger partial charge in [-0.2, -0.15) is 0 Å². The highest BCUT2D eigenvalue weighted by Crippen LogP contribution is 2.57. The summed E-state index contributed by atoms with van der Waals surface area (Å²) < 4.78 is 0. The number of piperidine rings is 1. The van der Waals surface area contributed by atoms with Crippen LogP contribution in [0.4, 0.5) is 4.79 Å². The fourth-order valence-electron chi connectivity index (χ4n) is 5.33. The summed E-state index contributed by atoms with van der Waals surface area (Å²) in [7, 11) is 2.11. The van der Waals surface area contributed by atoms with Crippen LogP contribution in [0.5, 0.6) is 5.75 Å². The molecule has 2 heterocycles. The van der Waals surface area contributed by atoms with Crippen molar-refractivity contribution in [3.05, 3.63) is 29.3 Å². The summed E-state index contributed by atoms with van der Waals surface area (Å²) in [5.41, 5.74) is 2.25. The quantitative estimate of drug-likeness (QED) is 0.777. The molecular weight excluding hydrogens is 326 g/mol. The average molecular weight is 357 g/mol. The fraction of sp³-hybridized carbons (Fsp3) is 0.667. The van der Waals surface area contributed by atoms with Gasteiger partial charge < -0.3 is 19.8 Å². The Hall–Kier alpha value is -1.75. The lowest BCUT2D eigenvalue weighted by Crippen LogP contribution is -2.67. The first-order valence-electron chi connectivity index (χ1n) is 9.81. The fourth-order valence-corrected chi connectivity index (χ4v) is 5.33. The number of amides is 2. The minimum Gasteiger partial charge on any atom is -0.508 e. The van der Waals surface area contributed by atoms with E-state index >= 15 is 0 Å². The number of aromatic hydroxyl groups is 1. The number of hydrogen-bond donors (Lipinski definition) is 1. The van der Waals surface area contributed by atoms with Crippen LogP contribution in [-0.2, 0) is 11.8 Å². The number of carbonyl (C=O) groups excluding carboxylic acids is 1. The van der Waals surface area contributed by atoms with Gasteiger partial charge in [0.1, 0.15) is 5.75 Å². The molecule has 1 aromatic rings. The molecule has 0 saturated carbocycles. The number of rotatable bonds is 0. The van der Waals surface area contributed by atoms with Gasteiger partial charge in [0.05, 0.1) is 0 Å². The summed E-state index contributed by atoms with van der Waals surface area (Å²) in [5, 5.41) is 10.5. The first kappa shape index (κ1) is 17.7. The Morgan fingerprint density at radius 2 is 1.81 bits per heavy atom. The van der Waals surface area contributed by atoms with E-state index in [1.165, 1.54) is 5.56 Å². The van der Waals surface area contributed by atoms with Crippen molar-refractivity contribution in [3.8, 4) is 5.75 Å². The maximum absolute atomic E-state index is 13.3. The molecule has 1 N–H and O–H groups in total. The number of phenolic OH excluding ortho intramolecular Hbond substituents is 1. The molecule has 0 spiro atoms. The van der Waals surface area contributed by atoms with Gasteiger partial charge in [-0.1, -0.05) is 32.9 Å². The standard InChI is InChI=1S/C21H31N3O2/c1-20(2)18-14-15-16(6-5-7-17(15)25)21(20,3)8-9-24(18)19(26)23-12-10-22(4)11-13-23/h5-7,18,25H,8-14H2,1-4H3/t18-,21+/m1/s1. The number of urea groups is 1. The largest absolute Gasteiger partial charge is 0.508 e. The van der Waals surface area contributed by atoms with Crippen LogP contribution in [0, 0.1) is 5.41 Å². The second-order valence-corrected chi connectivity index (χ2v) is 9.09. The molecule has 2 saturated heterocycles. The van der Waals surface area contributed by atoms with E-state index in [1.807, 2.05) is 11.0 Å². The third kappa shape index (κ3) is 2.36. The lowest BCUT2D eigenvalue weighted by atomic mass is 9.51. The molecule has 4 rings (SSSR count). The topological polar surface area (TPSA) is 47.0 Å². The second-order valence-electron chi connectivity index (χ2n) is 9.09. The number of phenols is 1. The molecule has 2 amide bonds. The molecule has 142 valence electrons. The van der Waals surface area contributed by atoms with Crippen LogP contribution in [0.15, 0.2) is 18.2 Å². The lowest BCUT2D eigenvalue weighted by molar-refractivity contribution is -0.0258. The molecular formula is C21H31N3O2. The predicted octanol–water partition coefficient (Wildman–Crippen LogP) is 2.67. The molecule has 5 nitrogen and oxygen atoms in total. The first-order chi connectivity index (χ1) is 12.3. The molecule has 2 atom stereocenters. The van der Waals surface area contributed by atoms with Crippen LogP contribution in [-0.4, -0.2) is 71.7 Å². The monoisotopic (exact) mass is 357 g/mol. The van der Waals surface area contributed by atoms with Crippen molar-refractivity contribution in [2.45, 2.75) is 45.1 Å². The van der Waals surface area contributed by atoms with Gasteiger partial charge in [-0.05, 0) is 42.5 Å². The predicted molar refractivity (Wildman–Crippen MR) is 103 cm³/mol. The van der Waals surface area contributed by atoms with Crippen molar-refractivity contribution in [3.63, 3.8) is 0 Å². The van der Waals surface area contributed by atoms with Gasteiger partial charge >= 0.3 is 6.03 Å². The van der Waals surface area contributed by atoms with Gasteiger partial charge in [-0.3, -0.25) is 0 Å². The van der Waals surface area contributed by atoms with Gasteiger partial charge in [0.25, 0.3) is 0 Å². The molecule has 0 radical (unpaired) electrons. The van der Waals surface area contributed by atoms with E-state index in [4.69, 9.17) is 0 Å². The number of fused-ring (bicyclic) bond motifs is 4. The number of likely N-dealkylation sites (tertiary alicyclic amines) is 1. The van der Waals surface area contributed by atoms with E-state index in [0.717, 1.165) is 51.1 Å². The zero-order valence-electron chi connectivity index (χ0n) is 16.5. The molecule has 3 aliphatic rings. The summed E-state index contributed by atoms with van der Waals surface area (Å²) in [6, 6.07) is 6.21. The highest BCUT2D eigenvalue weighted by atomic mass is 16.3. The van der Waals surface area contributed by atoms with Gasteiger partial charge in [0.2, 0.25) is 0 Å². The van der Waals surface area contributed by atoms with Gasteiger partial charge in [-0.15, -0.1) is 0 Å². The van der Waals surface area contributed by atoms with Gasteiger partial charge in [0.15, 0.2) is 0 Å². The number of piperazine rings is 1. The van der Waals surface area contributed by atoms with Crippen molar-refractivity contribution < 1.29 is 9.90 Å². The Kier molecular flexibility index (Phi) is 3.99. The van der Waals surface area contributed by atoms with Crippen LogP contribution in [0.1, 0.15) is 38.3 Å². The third-order valence-electron chi connectivity index (χ3n) is 7.65. The zero-order chi connectivity index (χ0) is 18.7. The minimum absolute atomic E-state index is 0.0249. The van der Waals surface area contributed by atoms with Crippen LogP contribution in [0.25, 0.3) is 0 Å². The summed E-state index contributed by atoms with van der Waals surface area (Å²) in [4.78, 5) is 19.7. The zero-order valence-corrected chi connectivity index (χ0v) is 16.5. The van der Waals surface area contributed by atoms with Crippen molar-refractivity contribution in [2.75, 3.05) is 39.8 Å². The highest BCUT2D eigenvalue weighted by Gasteiger charge is 2.57. The molecule has 5 heteroatoms. The van der Waals surface area contributed by atoms with Crippen molar-refractivity contribution in [2.24, 2.45) is 5.41 Å². The maximum atomic E-state index is 13.3. The van der Waals surface area contributed by atoms with Gasteiger partial charge in [0, 0.05) is 44.2 Å². The van der Waals surface area contributed by atoms with Crippen LogP contribution in [0.2, 0.25) is 0 Å². The van der Waals surface area contributed by atoms with E-state index in [2.05, 4.69) is 43.7 Å². The summed E-state index contributed by atoms with van der Waals surface area (Å²) in [5.74, 6) is 0.378. The number of carbonyl (C=O) groups is 1. The summed E-state index contributed by atoms with van der Waals surface area (Å²) >= 11 is 0. The average Bonchev–Trinajstić information content (AvgIpc) is 2.59. The Balaban J connectivity index is 1.68. The molecule has 2 bridgehead atoms. The summed E-state index contributed by atoms with van der Waals surface area (Å²) in [6.45, 7) is 11.2. The second kappa shape index (κ2) is 5.88. The van der Waals surface area contributed by atoms with Crippen LogP contribution in [0.3, 0.4) is 0 Å². The SMILES string of the molecule is CN1CCN(C(=O)N2CC[C@@]3(C)c4cccc(O)c4C[C@@H]2C3(C)C)CC1. The van der Waals surface area contributed by atoms with E-state index < -0.39 is 0 Å². The van der Waals surface area contributed by atoms with E-state index in [9.17, 15) is 9.90 Å². The first-order valence-corrected chi connectivity index (χ1v) is 9.81. The van der Waals surface area contributed by atoms with Gasteiger partial charge in [-0.25, -0.2) is 4.79 Å². The van der Waals surface area contributed by atoms with E-state index in [1.54, 1.807) is 6.07 Å². The Bertz CT molecular complexity index is 724. The maximum Gasteiger partial charge on any atom is 0.320 e. The Morgan fingerprint density at radius 3 is 2.50 bits per heavy atom. The molecule has 2 fully saturated rings. The molecule has 2 aliphatic heterocycles. The number of hydrogen-bond acceptors (Lipinski definition) is 3. The number of likely N-dealkylation sites (N-methyl/N-ethyl adjacent to an activating group) is 1. The van der Waals surface area contributed by atoms with E-state index in [-0.39, 0.29) is 22.9 Å². The minimum atomic E-state index is -0.0335. The van der Waals surface area contributed by atoms with Crippen molar-refractivity contribution in [1.82, 2.24) is 14.7 Å². The third-order valence-corrected chi connectivity index (χ3v) is 7.65. The smallest absolute Gasteiger partial charge is 0.320 e. The number of benzene rings is 1. The van der Waals surface area contributed by atoms with Crippen LogP contribution >= 0.6 is 0 Å². The van der Waals surface area contributed by atoms with Crippen molar-refractivity contribution >= 4 is 6.03 Å². The van der Waals surface area contributed by atoms with Crippen LogP contribution < -0.4 is 0 Å². The lowest BCUT2D eigenvalue weighted by Gasteiger charge is -2.61. The molecule has 0 aromatic heterocycles. The highest BCUT2D eigenvalue weighted by molar-refractivity contribution is 5.76. The van der Waals surface area contributed by atoms with E-state index in [0.29, 0.717) is 5.75 Å². The normalized spacial score (nSPS) is 30.8. The Morgan fingerprint density at radius 1 is 1.12 bits per heavy atom.